The van der Waals surface area contributed by atoms with Crippen molar-refractivity contribution >= 4 is 23.5 Å². The fraction of sp³-hybridized carbons (Fsp3) is 0.571. The van der Waals surface area contributed by atoms with Gasteiger partial charge in [-0.1, -0.05) is 16.7 Å². The molecule has 1 atom stereocenters. The van der Waals surface area contributed by atoms with Gasteiger partial charge in [-0.25, -0.2) is 9.36 Å². The molecule has 9 nitrogen and oxygen atoms in total. The Labute approximate surface area is 142 Å². The molecule has 2 bridgehead atoms. The lowest BCUT2D eigenvalue weighted by Crippen LogP contribution is -2.31. The van der Waals surface area contributed by atoms with Crippen molar-refractivity contribution < 1.29 is 4.79 Å². The highest BCUT2D eigenvalue weighted by atomic mass is 35.5. The molecule has 0 aliphatic heterocycles. The molecule has 0 radical (unpaired) electrons. The Bertz CT molecular complexity index is 884. The normalized spacial score (nSPS) is 24.7. The highest BCUT2D eigenvalue weighted by molar-refractivity contribution is 6.34. The van der Waals surface area contributed by atoms with Crippen molar-refractivity contribution in [2.45, 2.75) is 25.2 Å². The Hall–Kier alpha value is -2.29. The van der Waals surface area contributed by atoms with E-state index in [2.05, 4.69) is 25.9 Å². The van der Waals surface area contributed by atoms with Crippen LogP contribution in [0.5, 0.6) is 0 Å². The van der Waals surface area contributed by atoms with Crippen LogP contribution in [0.4, 0.5) is 5.95 Å². The first-order valence-electron chi connectivity index (χ1n) is 7.76. The van der Waals surface area contributed by atoms with Gasteiger partial charge < -0.3 is 0 Å². The predicted molar refractivity (Wildman–Crippen MR) is 84.8 cm³/mol. The summed E-state index contributed by atoms with van der Waals surface area (Å²) in [7, 11) is 3.13. The van der Waals surface area contributed by atoms with Crippen molar-refractivity contribution in [1.29, 1.82) is 0 Å². The molecule has 1 N–H and O–H groups in total. The molecule has 3 aliphatic carbocycles. The van der Waals surface area contributed by atoms with Gasteiger partial charge in [0.05, 0.1) is 5.02 Å². The average Bonchev–Trinajstić information content (AvgIpc) is 3.19. The van der Waals surface area contributed by atoms with Gasteiger partial charge in [-0.3, -0.25) is 14.9 Å². The number of tetrazole rings is 1. The number of amides is 1. The van der Waals surface area contributed by atoms with Crippen LogP contribution in [0.3, 0.4) is 0 Å². The molecular formula is C14H16ClN7O2. The van der Waals surface area contributed by atoms with E-state index in [1.54, 1.807) is 7.05 Å². The Morgan fingerprint density at radius 2 is 2.00 bits per heavy atom. The van der Waals surface area contributed by atoms with Gasteiger partial charge in [-0.15, -0.1) is 0 Å². The molecule has 10 heteroatoms. The summed E-state index contributed by atoms with van der Waals surface area (Å²) in [5, 5.41) is 17.5. The van der Waals surface area contributed by atoms with Gasteiger partial charge >= 0.3 is 0 Å². The summed E-state index contributed by atoms with van der Waals surface area (Å²) in [4.78, 5) is 25.1. The summed E-state index contributed by atoms with van der Waals surface area (Å²) >= 11 is 6.43. The van der Waals surface area contributed by atoms with E-state index in [0.29, 0.717) is 17.4 Å². The minimum absolute atomic E-state index is 0.0147. The van der Waals surface area contributed by atoms with Gasteiger partial charge in [0.1, 0.15) is 0 Å². The minimum Gasteiger partial charge on any atom is -0.288 e. The number of hydrogen-bond acceptors (Lipinski definition) is 6. The van der Waals surface area contributed by atoms with Gasteiger partial charge in [0.2, 0.25) is 5.95 Å². The zero-order chi connectivity index (χ0) is 17.0. The molecule has 3 saturated carbocycles. The highest BCUT2D eigenvalue weighted by Crippen LogP contribution is 2.57. The van der Waals surface area contributed by atoms with Crippen LogP contribution in [0, 0.1) is 11.8 Å². The van der Waals surface area contributed by atoms with Crippen molar-refractivity contribution in [1.82, 2.24) is 30.0 Å². The number of carbonyl (C=O) groups is 1. The number of anilines is 1. The van der Waals surface area contributed by atoms with E-state index in [-0.39, 0.29) is 28.1 Å². The average molecular weight is 350 g/mol. The summed E-state index contributed by atoms with van der Waals surface area (Å²) < 4.78 is 2.50. The van der Waals surface area contributed by atoms with Crippen molar-refractivity contribution in [2.75, 3.05) is 5.32 Å². The lowest BCUT2D eigenvalue weighted by molar-refractivity contribution is 0.101. The second-order valence-electron chi connectivity index (χ2n) is 6.52. The fourth-order valence-electron chi connectivity index (χ4n) is 3.81. The molecule has 5 rings (SSSR count). The van der Waals surface area contributed by atoms with Crippen molar-refractivity contribution in [3.8, 4) is 0 Å². The highest BCUT2D eigenvalue weighted by Gasteiger charge is 2.47. The molecule has 24 heavy (non-hydrogen) atoms. The summed E-state index contributed by atoms with van der Waals surface area (Å²) in [6.07, 6.45) is 3.23. The van der Waals surface area contributed by atoms with E-state index in [9.17, 15) is 9.59 Å². The number of halogens is 1. The molecule has 0 saturated heterocycles. The zero-order valence-electron chi connectivity index (χ0n) is 13.2. The van der Waals surface area contributed by atoms with Crippen LogP contribution >= 0.6 is 11.6 Å². The number of rotatable bonds is 3. The van der Waals surface area contributed by atoms with Crippen LogP contribution in [-0.4, -0.2) is 35.9 Å². The standard InChI is InChI=1S/C14H16ClN7O2/c1-21-13(24)9(8-5-6-3-7(8)4-6)10(15)11(18-21)12(23)16-14-17-19-20-22(14)2/h6-8H,3-5H2,1-2H3,(H,16,17,20,23). The van der Waals surface area contributed by atoms with Crippen LogP contribution in [-0.2, 0) is 14.1 Å². The Balaban J connectivity index is 1.73. The largest absolute Gasteiger partial charge is 0.288 e. The van der Waals surface area contributed by atoms with E-state index in [4.69, 9.17) is 11.6 Å². The van der Waals surface area contributed by atoms with Gasteiger partial charge in [0.15, 0.2) is 5.69 Å². The summed E-state index contributed by atoms with van der Waals surface area (Å²) in [5.74, 6) is 0.918. The van der Waals surface area contributed by atoms with Gasteiger partial charge in [0, 0.05) is 19.7 Å². The van der Waals surface area contributed by atoms with E-state index in [0.717, 1.165) is 19.3 Å². The van der Waals surface area contributed by atoms with Crippen molar-refractivity contribution in [3.05, 3.63) is 26.6 Å². The van der Waals surface area contributed by atoms with Crippen LogP contribution < -0.4 is 10.9 Å². The first-order valence-corrected chi connectivity index (χ1v) is 8.14. The Morgan fingerprint density at radius 3 is 2.58 bits per heavy atom. The van der Waals surface area contributed by atoms with Crippen molar-refractivity contribution in [3.63, 3.8) is 0 Å². The van der Waals surface area contributed by atoms with E-state index in [1.807, 2.05) is 0 Å². The second kappa shape index (κ2) is 5.37. The first-order chi connectivity index (χ1) is 11.5. The number of aryl methyl sites for hydroxylation is 2. The number of nitrogens with one attached hydrogen (secondary N) is 1. The summed E-state index contributed by atoms with van der Waals surface area (Å²) in [6, 6.07) is 0. The molecule has 1 unspecified atom stereocenters. The molecule has 126 valence electrons. The SMILES string of the molecule is Cn1nnnc1NC(=O)c1nn(C)c(=O)c(C2CC3CC2C3)c1Cl. The zero-order valence-corrected chi connectivity index (χ0v) is 14.0. The predicted octanol–water partition coefficient (Wildman–Crippen LogP) is 0.723. The number of hydrogen-bond donors (Lipinski definition) is 1. The lowest BCUT2D eigenvalue weighted by atomic mass is 9.81. The number of nitrogens with zero attached hydrogens (tertiary/aromatic N) is 6. The van der Waals surface area contributed by atoms with Crippen LogP contribution in [0.25, 0.3) is 0 Å². The Kier molecular flexibility index (Phi) is 3.41. The molecular weight excluding hydrogens is 334 g/mol. The smallest absolute Gasteiger partial charge is 0.280 e. The van der Waals surface area contributed by atoms with E-state index >= 15 is 0 Å². The summed E-state index contributed by atoms with van der Waals surface area (Å²) in [5.41, 5.74) is 0.302. The number of aromatic nitrogens is 6. The molecule has 2 aromatic rings. The van der Waals surface area contributed by atoms with Crippen LogP contribution in [0.15, 0.2) is 4.79 Å². The van der Waals surface area contributed by atoms with Crippen LogP contribution in [0.1, 0.15) is 41.2 Å². The van der Waals surface area contributed by atoms with Crippen molar-refractivity contribution in [2.24, 2.45) is 25.9 Å². The molecule has 3 aliphatic rings. The van der Waals surface area contributed by atoms with Gasteiger partial charge in [-0.2, -0.15) is 5.10 Å². The third-order valence-electron chi connectivity index (χ3n) is 5.08. The minimum atomic E-state index is -0.542. The quantitative estimate of drug-likeness (QED) is 0.874. The van der Waals surface area contributed by atoms with Crippen LogP contribution in [0.2, 0.25) is 5.02 Å². The molecule has 0 spiro atoms. The van der Waals surface area contributed by atoms with E-state index in [1.165, 1.54) is 16.4 Å². The molecule has 2 heterocycles. The molecule has 3 fully saturated rings. The van der Waals surface area contributed by atoms with Gasteiger partial charge in [-0.05, 0) is 47.4 Å². The summed E-state index contributed by atoms with van der Waals surface area (Å²) in [6.45, 7) is 0. The molecule has 0 aromatic carbocycles. The maximum atomic E-state index is 12.5. The van der Waals surface area contributed by atoms with Gasteiger partial charge in [0.25, 0.3) is 11.5 Å². The van der Waals surface area contributed by atoms with E-state index < -0.39 is 5.91 Å². The molecule has 1 amide bonds. The maximum absolute atomic E-state index is 12.5. The lowest BCUT2D eigenvalue weighted by Gasteiger charge is -2.25. The monoisotopic (exact) mass is 349 g/mol. The number of carbonyl (C=O) groups excluding carboxylic acids is 1. The topological polar surface area (TPSA) is 108 Å². The third-order valence-corrected chi connectivity index (χ3v) is 5.46. The third kappa shape index (κ3) is 2.22. The second-order valence-corrected chi connectivity index (χ2v) is 6.90. The maximum Gasteiger partial charge on any atom is 0.280 e. The molecule has 2 aromatic heterocycles. The first kappa shape index (κ1) is 15.3. The number of fused-ring (bicyclic) bond motifs is 1. The Morgan fingerprint density at radius 1 is 1.25 bits per heavy atom. The fourth-order valence-corrected chi connectivity index (χ4v) is 4.16.